The predicted molar refractivity (Wildman–Crippen MR) is 73.4 cm³/mol. The zero-order chi connectivity index (χ0) is 15.1. The van der Waals surface area contributed by atoms with E-state index in [1.54, 1.807) is 6.92 Å². The van der Waals surface area contributed by atoms with Crippen LogP contribution in [0.4, 0.5) is 0 Å². The largest absolute Gasteiger partial charge is 0.481 e. The summed E-state index contributed by atoms with van der Waals surface area (Å²) < 4.78 is 4.84. The standard InChI is InChI=1S/C14H22N2O4/c1-9(2)11(4-5-13(17)18)6-7-15-14(19)12-8-16-20-10(12)3/h8-9,11H,4-7H2,1-3H3,(H,15,19)(H,17,18). The maximum atomic E-state index is 11.8. The molecule has 0 aliphatic rings. The first-order valence-electron chi connectivity index (χ1n) is 6.83. The Hall–Kier alpha value is -1.85. The molecule has 6 nitrogen and oxygen atoms in total. The lowest BCUT2D eigenvalue weighted by Gasteiger charge is -2.20. The molecular weight excluding hydrogens is 260 g/mol. The minimum Gasteiger partial charge on any atom is -0.481 e. The Morgan fingerprint density at radius 3 is 2.60 bits per heavy atom. The van der Waals surface area contributed by atoms with Gasteiger partial charge in [0.05, 0.1) is 6.20 Å². The molecular formula is C14H22N2O4. The van der Waals surface area contributed by atoms with Crippen molar-refractivity contribution in [2.45, 2.75) is 40.0 Å². The first kappa shape index (κ1) is 16.2. The van der Waals surface area contributed by atoms with E-state index < -0.39 is 5.97 Å². The molecule has 0 saturated heterocycles. The third-order valence-electron chi connectivity index (χ3n) is 3.47. The van der Waals surface area contributed by atoms with Gasteiger partial charge in [-0.05, 0) is 31.6 Å². The second-order valence-corrected chi connectivity index (χ2v) is 5.28. The smallest absolute Gasteiger partial charge is 0.303 e. The van der Waals surface area contributed by atoms with Gasteiger partial charge in [-0.2, -0.15) is 0 Å². The van der Waals surface area contributed by atoms with Crippen LogP contribution in [0.2, 0.25) is 0 Å². The Morgan fingerprint density at radius 2 is 2.10 bits per heavy atom. The monoisotopic (exact) mass is 282 g/mol. The van der Waals surface area contributed by atoms with E-state index in [4.69, 9.17) is 9.63 Å². The molecule has 1 aromatic rings. The lowest BCUT2D eigenvalue weighted by atomic mass is 9.88. The molecule has 0 bridgehead atoms. The van der Waals surface area contributed by atoms with Crippen LogP contribution < -0.4 is 5.32 Å². The number of carbonyl (C=O) groups excluding carboxylic acids is 1. The second kappa shape index (κ2) is 7.67. The van der Waals surface area contributed by atoms with E-state index >= 15 is 0 Å². The molecule has 1 amide bonds. The summed E-state index contributed by atoms with van der Waals surface area (Å²) in [6.45, 7) is 6.34. The molecule has 0 saturated carbocycles. The van der Waals surface area contributed by atoms with Crippen molar-refractivity contribution in [2.75, 3.05) is 6.54 Å². The maximum absolute atomic E-state index is 11.8. The van der Waals surface area contributed by atoms with Crippen molar-refractivity contribution in [1.82, 2.24) is 10.5 Å². The van der Waals surface area contributed by atoms with Crippen molar-refractivity contribution in [2.24, 2.45) is 11.8 Å². The van der Waals surface area contributed by atoms with E-state index in [1.165, 1.54) is 6.20 Å². The molecule has 0 fully saturated rings. The van der Waals surface area contributed by atoms with Gasteiger partial charge in [0.1, 0.15) is 11.3 Å². The summed E-state index contributed by atoms with van der Waals surface area (Å²) in [5.74, 6) is 0.191. The van der Waals surface area contributed by atoms with Crippen molar-refractivity contribution in [3.8, 4) is 0 Å². The van der Waals surface area contributed by atoms with E-state index in [2.05, 4.69) is 24.3 Å². The van der Waals surface area contributed by atoms with Gasteiger partial charge in [0, 0.05) is 13.0 Å². The van der Waals surface area contributed by atoms with Gasteiger partial charge < -0.3 is 14.9 Å². The molecule has 112 valence electrons. The van der Waals surface area contributed by atoms with Crippen LogP contribution in [-0.4, -0.2) is 28.7 Å². The molecule has 2 N–H and O–H groups in total. The number of aliphatic carboxylic acids is 1. The first-order valence-corrected chi connectivity index (χ1v) is 6.83. The number of hydrogen-bond donors (Lipinski definition) is 2. The molecule has 0 radical (unpaired) electrons. The van der Waals surface area contributed by atoms with E-state index in [1.807, 2.05) is 0 Å². The van der Waals surface area contributed by atoms with E-state index in [9.17, 15) is 9.59 Å². The Morgan fingerprint density at radius 1 is 1.40 bits per heavy atom. The number of nitrogens with one attached hydrogen (secondary N) is 1. The Kier molecular flexibility index (Phi) is 6.21. The Balaban J connectivity index is 2.38. The molecule has 1 aromatic heterocycles. The summed E-state index contributed by atoms with van der Waals surface area (Å²) in [6, 6.07) is 0. The first-order chi connectivity index (χ1) is 9.41. The van der Waals surface area contributed by atoms with Crippen LogP contribution in [0.3, 0.4) is 0 Å². The van der Waals surface area contributed by atoms with Crippen molar-refractivity contribution >= 4 is 11.9 Å². The number of aryl methyl sites for hydroxylation is 1. The van der Waals surface area contributed by atoms with Gasteiger partial charge in [-0.3, -0.25) is 9.59 Å². The van der Waals surface area contributed by atoms with Crippen molar-refractivity contribution < 1.29 is 19.2 Å². The number of carboxylic acids is 1. The van der Waals surface area contributed by atoms with Crippen LogP contribution in [0, 0.1) is 18.8 Å². The average Bonchev–Trinajstić information content (AvgIpc) is 2.78. The predicted octanol–water partition coefficient (Wildman–Crippen LogP) is 2.24. The lowest BCUT2D eigenvalue weighted by molar-refractivity contribution is -0.137. The second-order valence-electron chi connectivity index (χ2n) is 5.28. The quantitative estimate of drug-likeness (QED) is 0.762. The highest BCUT2D eigenvalue weighted by molar-refractivity contribution is 5.94. The van der Waals surface area contributed by atoms with Crippen molar-refractivity contribution in [3.63, 3.8) is 0 Å². The van der Waals surface area contributed by atoms with Crippen LogP contribution in [0.25, 0.3) is 0 Å². The van der Waals surface area contributed by atoms with Crippen molar-refractivity contribution in [3.05, 3.63) is 17.5 Å². The fraction of sp³-hybridized carbons (Fsp3) is 0.643. The molecule has 1 rings (SSSR count). The summed E-state index contributed by atoms with van der Waals surface area (Å²) in [4.78, 5) is 22.5. The average molecular weight is 282 g/mol. The summed E-state index contributed by atoms with van der Waals surface area (Å²) in [6.07, 6.45) is 2.97. The summed E-state index contributed by atoms with van der Waals surface area (Å²) in [5, 5.41) is 15.1. The van der Waals surface area contributed by atoms with Crippen LogP contribution in [-0.2, 0) is 4.79 Å². The maximum Gasteiger partial charge on any atom is 0.303 e. The molecule has 20 heavy (non-hydrogen) atoms. The minimum absolute atomic E-state index is 0.168. The van der Waals surface area contributed by atoms with Crippen LogP contribution >= 0.6 is 0 Å². The summed E-state index contributed by atoms with van der Waals surface area (Å²) >= 11 is 0. The summed E-state index contributed by atoms with van der Waals surface area (Å²) in [5.41, 5.74) is 0.441. The Bertz CT molecular complexity index is 454. The lowest BCUT2D eigenvalue weighted by Crippen LogP contribution is -2.27. The molecule has 1 atom stereocenters. The highest BCUT2D eigenvalue weighted by Crippen LogP contribution is 2.20. The molecule has 6 heteroatoms. The fourth-order valence-electron chi connectivity index (χ4n) is 2.10. The zero-order valence-corrected chi connectivity index (χ0v) is 12.2. The topological polar surface area (TPSA) is 92.4 Å². The Labute approximate surface area is 118 Å². The number of aromatic nitrogens is 1. The number of nitrogens with zero attached hydrogens (tertiary/aromatic N) is 1. The molecule has 0 aliphatic heterocycles. The SMILES string of the molecule is Cc1oncc1C(=O)NCCC(CCC(=O)O)C(C)C. The molecule has 1 unspecified atom stereocenters. The number of hydrogen-bond acceptors (Lipinski definition) is 4. The molecule has 0 aliphatic carbocycles. The van der Waals surface area contributed by atoms with Crippen LogP contribution in [0.15, 0.2) is 10.7 Å². The molecule has 1 heterocycles. The number of amides is 1. The van der Waals surface area contributed by atoms with Gasteiger partial charge in [-0.15, -0.1) is 0 Å². The fourth-order valence-corrected chi connectivity index (χ4v) is 2.10. The number of carbonyl (C=O) groups is 2. The van der Waals surface area contributed by atoms with Gasteiger partial charge in [0.15, 0.2) is 0 Å². The molecule has 0 spiro atoms. The van der Waals surface area contributed by atoms with Gasteiger partial charge in [-0.1, -0.05) is 19.0 Å². The van der Waals surface area contributed by atoms with Crippen LogP contribution in [0.1, 0.15) is 49.2 Å². The third-order valence-corrected chi connectivity index (χ3v) is 3.47. The van der Waals surface area contributed by atoms with Gasteiger partial charge in [0.25, 0.3) is 5.91 Å². The number of carboxylic acid groups (broad SMARTS) is 1. The highest BCUT2D eigenvalue weighted by Gasteiger charge is 2.16. The highest BCUT2D eigenvalue weighted by atomic mass is 16.5. The molecule has 0 aromatic carbocycles. The van der Waals surface area contributed by atoms with Crippen LogP contribution in [0.5, 0.6) is 0 Å². The minimum atomic E-state index is -0.778. The van der Waals surface area contributed by atoms with Crippen molar-refractivity contribution in [1.29, 1.82) is 0 Å². The van der Waals surface area contributed by atoms with Gasteiger partial charge in [0.2, 0.25) is 0 Å². The van der Waals surface area contributed by atoms with E-state index in [-0.39, 0.29) is 18.2 Å². The van der Waals surface area contributed by atoms with E-state index in [0.717, 1.165) is 6.42 Å². The van der Waals surface area contributed by atoms with E-state index in [0.29, 0.717) is 30.2 Å². The van der Waals surface area contributed by atoms with Gasteiger partial charge >= 0.3 is 5.97 Å². The normalized spacial score (nSPS) is 12.4. The van der Waals surface area contributed by atoms with Gasteiger partial charge in [-0.25, -0.2) is 0 Å². The summed E-state index contributed by atoms with van der Waals surface area (Å²) in [7, 11) is 0. The zero-order valence-electron chi connectivity index (χ0n) is 12.2. The number of rotatable bonds is 8. The third kappa shape index (κ3) is 5.03.